The van der Waals surface area contributed by atoms with Crippen LogP contribution < -0.4 is 10.1 Å². The quantitative estimate of drug-likeness (QED) is 0.755. The number of nitrogens with zero attached hydrogens (tertiary/aromatic N) is 1. The molecule has 0 fully saturated rings. The van der Waals surface area contributed by atoms with Gasteiger partial charge in [0.15, 0.2) is 6.61 Å². The van der Waals surface area contributed by atoms with Gasteiger partial charge in [-0.15, -0.1) is 0 Å². The first-order valence-electron chi connectivity index (χ1n) is 8.05. The number of para-hydroxylation sites is 1. The summed E-state index contributed by atoms with van der Waals surface area (Å²) in [5.74, 6) is 0.732. The number of carbonyl (C=O) groups excluding carboxylic acids is 1. The van der Waals surface area contributed by atoms with Gasteiger partial charge in [-0.05, 0) is 31.9 Å². The van der Waals surface area contributed by atoms with Crippen molar-refractivity contribution >= 4 is 11.8 Å². The molecule has 0 bridgehead atoms. The van der Waals surface area contributed by atoms with Crippen LogP contribution in [0, 0.1) is 20.8 Å². The first-order valence-corrected chi connectivity index (χ1v) is 8.05. The Morgan fingerprint density at radius 3 is 2.44 bits per heavy atom. The molecular weight excluding hydrogens is 316 g/mol. The van der Waals surface area contributed by atoms with E-state index in [0.717, 1.165) is 22.4 Å². The van der Waals surface area contributed by atoms with Crippen LogP contribution in [-0.2, 0) is 4.79 Å². The van der Waals surface area contributed by atoms with E-state index in [-0.39, 0.29) is 12.5 Å². The van der Waals surface area contributed by atoms with Crippen LogP contribution in [0.2, 0.25) is 0 Å². The summed E-state index contributed by atoms with van der Waals surface area (Å²) in [6.45, 7) is 5.83. The molecule has 128 valence electrons. The fourth-order valence-corrected chi connectivity index (χ4v) is 2.53. The van der Waals surface area contributed by atoms with Crippen molar-refractivity contribution in [3.63, 3.8) is 0 Å². The van der Waals surface area contributed by atoms with E-state index in [4.69, 9.17) is 9.26 Å². The van der Waals surface area contributed by atoms with Crippen molar-refractivity contribution in [1.29, 1.82) is 0 Å². The predicted octanol–water partition coefficient (Wildman–Crippen LogP) is 4.28. The largest absolute Gasteiger partial charge is 0.483 e. The fourth-order valence-electron chi connectivity index (χ4n) is 2.53. The number of anilines is 1. The zero-order chi connectivity index (χ0) is 17.8. The molecule has 0 saturated carbocycles. The number of carbonyl (C=O) groups is 1. The van der Waals surface area contributed by atoms with E-state index in [0.29, 0.717) is 11.6 Å². The minimum absolute atomic E-state index is 0.0910. The standard InChI is InChI=1S/C20H20N2O3/c1-13-7-9-16(10-8-13)17-11-19(25-22-17)21-18(23)12-24-20-14(2)5-4-6-15(20)3/h4-11H,12H2,1-3H3,(H,21,23). The van der Waals surface area contributed by atoms with E-state index in [1.165, 1.54) is 5.56 Å². The van der Waals surface area contributed by atoms with Gasteiger partial charge in [0.2, 0.25) is 5.88 Å². The Morgan fingerprint density at radius 2 is 1.76 bits per heavy atom. The molecule has 0 aliphatic carbocycles. The molecule has 1 amide bonds. The van der Waals surface area contributed by atoms with Crippen molar-refractivity contribution in [2.24, 2.45) is 0 Å². The Labute approximate surface area is 146 Å². The van der Waals surface area contributed by atoms with Crippen molar-refractivity contribution in [1.82, 2.24) is 5.16 Å². The lowest BCUT2D eigenvalue weighted by Gasteiger charge is -2.11. The van der Waals surface area contributed by atoms with Crippen LogP contribution in [0.15, 0.2) is 53.1 Å². The van der Waals surface area contributed by atoms with Gasteiger partial charge in [0, 0.05) is 11.6 Å². The lowest BCUT2D eigenvalue weighted by atomic mass is 10.1. The Kier molecular flexibility index (Phi) is 4.84. The molecule has 2 aromatic carbocycles. The van der Waals surface area contributed by atoms with Crippen LogP contribution in [0.4, 0.5) is 5.88 Å². The van der Waals surface area contributed by atoms with Gasteiger partial charge in [-0.3, -0.25) is 10.1 Å². The zero-order valence-electron chi connectivity index (χ0n) is 14.5. The third kappa shape index (κ3) is 4.07. The van der Waals surface area contributed by atoms with E-state index in [9.17, 15) is 4.79 Å². The number of benzene rings is 2. The maximum atomic E-state index is 12.1. The number of hydrogen-bond donors (Lipinski definition) is 1. The predicted molar refractivity (Wildman–Crippen MR) is 96.7 cm³/mol. The minimum atomic E-state index is -0.297. The smallest absolute Gasteiger partial charge is 0.264 e. The number of aromatic nitrogens is 1. The van der Waals surface area contributed by atoms with E-state index >= 15 is 0 Å². The van der Waals surface area contributed by atoms with Gasteiger partial charge in [-0.1, -0.05) is 53.2 Å². The molecule has 5 nitrogen and oxygen atoms in total. The summed E-state index contributed by atoms with van der Waals surface area (Å²) >= 11 is 0. The van der Waals surface area contributed by atoms with E-state index < -0.39 is 0 Å². The van der Waals surface area contributed by atoms with Crippen molar-refractivity contribution in [2.45, 2.75) is 20.8 Å². The highest BCUT2D eigenvalue weighted by Gasteiger charge is 2.11. The highest BCUT2D eigenvalue weighted by molar-refractivity contribution is 5.91. The molecular formula is C20H20N2O3. The molecule has 0 unspecified atom stereocenters. The molecule has 1 N–H and O–H groups in total. The lowest BCUT2D eigenvalue weighted by Crippen LogP contribution is -2.20. The van der Waals surface area contributed by atoms with E-state index in [2.05, 4.69) is 10.5 Å². The number of ether oxygens (including phenoxy) is 1. The van der Waals surface area contributed by atoms with Gasteiger partial charge in [-0.2, -0.15) is 0 Å². The van der Waals surface area contributed by atoms with Crippen LogP contribution in [0.3, 0.4) is 0 Å². The first kappa shape index (κ1) is 16.8. The van der Waals surface area contributed by atoms with Crippen molar-refractivity contribution in [3.05, 3.63) is 65.2 Å². The van der Waals surface area contributed by atoms with Gasteiger partial charge in [0.1, 0.15) is 11.4 Å². The lowest BCUT2D eigenvalue weighted by molar-refractivity contribution is -0.118. The SMILES string of the molecule is Cc1ccc(-c2cc(NC(=O)COc3c(C)cccc3C)on2)cc1. The van der Waals surface area contributed by atoms with Crippen LogP contribution in [0.1, 0.15) is 16.7 Å². The third-order valence-electron chi connectivity index (χ3n) is 3.88. The van der Waals surface area contributed by atoms with Crippen LogP contribution in [-0.4, -0.2) is 17.7 Å². The number of aryl methyl sites for hydroxylation is 3. The molecule has 0 aliphatic rings. The maximum Gasteiger partial charge on any atom is 0.264 e. The number of rotatable bonds is 5. The minimum Gasteiger partial charge on any atom is -0.483 e. The van der Waals surface area contributed by atoms with Crippen molar-refractivity contribution in [2.75, 3.05) is 11.9 Å². The van der Waals surface area contributed by atoms with Crippen molar-refractivity contribution in [3.8, 4) is 17.0 Å². The van der Waals surface area contributed by atoms with E-state index in [1.807, 2.05) is 63.2 Å². The van der Waals surface area contributed by atoms with E-state index in [1.54, 1.807) is 6.07 Å². The molecule has 0 saturated heterocycles. The fraction of sp³-hybridized carbons (Fsp3) is 0.200. The normalized spacial score (nSPS) is 10.5. The second-order valence-electron chi connectivity index (χ2n) is 6.00. The maximum absolute atomic E-state index is 12.1. The number of amides is 1. The molecule has 3 aromatic rings. The molecule has 1 heterocycles. The molecule has 5 heteroatoms. The van der Waals surface area contributed by atoms with Gasteiger partial charge in [0.25, 0.3) is 5.91 Å². The highest BCUT2D eigenvalue weighted by Crippen LogP contribution is 2.23. The van der Waals surface area contributed by atoms with Gasteiger partial charge in [0.05, 0.1) is 0 Å². The van der Waals surface area contributed by atoms with Gasteiger partial charge < -0.3 is 9.26 Å². The Hall–Kier alpha value is -3.08. The van der Waals surface area contributed by atoms with Gasteiger partial charge in [-0.25, -0.2) is 0 Å². The summed E-state index contributed by atoms with van der Waals surface area (Å²) in [6.07, 6.45) is 0. The molecule has 25 heavy (non-hydrogen) atoms. The summed E-state index contributed by atoms with van der Waals surface area (Å²) in [5, 5.41) is 6.64. The average molecular weight is 336 g/mol. The Morgan fingerprint density at radius 1 is 1.08 bits per heavy atom. The zero-order valence-corrected chi connectivity index (χ0v) is 14.5. The number of hydrogen-bond acceptors (Lipinski definition) is 4. The van der Waals surface area contributed by atoms with Crippen molar-refractivity contribution < 1.29 is 14.1 Å². The van der Waals surface area contributed by atoms with Gasteiger partial charge >= 0.3 is 0 Å². The molecule has 0 aliphatic heterocycles. The molecule has 0 spiro atoms. The topological polar surface area (TPSA) is 64.4 Å². The summed E-state index contributed by atoms with van der Waals surface area (Å²) in [6, 6.07) is 15.5. The second kappa shape index (κ2) is 7.21. The monoisotopic (exact) mass is 336 g/mol. The number of nitrogens with one attached hydrogen (secondary N) is 1. The Bertz CT molecular complexity index is 862. The van der Waals surface area contributed by atoms with Crippen LogP contribution in [0.5, 0.6) is 5.75 Å². The molecule has 0 atom stereocenters. The molecule has 0 radical (unpaired) electrons. The highest BCUT2D eigenvalue weighted by atomic mass is 16.5. The molecule has 3 rings (SSSR count). The summed E-state index contributed by atoms with van der Waals surface area (Å²) < 4.78 is 10.8. The summed E-state index contributed by atoms with van der Waals surface area (Å²) in [4.78, 5) is 12.1. The second-order valence-corrected chi connectivity index (χ2v) is 6.00. The summed E-state index contributed by atoms with van der Waals surface area (Å²) in [5.41, 5.74) is 4.76. The third-order valence-corrected chi connectivity index (χ3v) is 3.88. The Balaban J connectivity index is 1.61. The molecule has 1 aromatic heterocycles. The average Bonchev–Trinajstić information content (AvgIpc) is 3.03. The first-order chi connectivity index (χ1) is 12.0. The van der Waals surface area contributed by atoms with Crippen LogP contribution in [0.25, 0.3) is 11.3 Å². The summed E-state index contributed by atoms with van der Waals surface area (Å²) in [7, 11) is 0. The van der Waals surface area contributed by atoms with Crippen LogP contribution >= 0.6 is 0 Å².